The van der Waals surface area contributed by atoms with Gasteiger partial charge in [-0.2, -0.15) is 0 Å². The first kappa shape index (κ1) is 14.2. The first-order valence-corrected chi connectivity index (χ1v) is 7.61. The third kappa shape index (κ3) is 2.98. The van der Waals surface area contributed by atoms with E-state index in [0.717, 1.165) is 28.9 Å². The summed E-state index contributed by atoms with van der Waals surface area (Å²) in [6.07, 6.45) is 0. The largest absolute Gasteiger partial charge is 0.350 e. The SMILES string of the molecule is Cc1c(C(=O)NCC2CNC2)nnn1-c1cccc(Br)c1. The minimum atomic E-state index is -0.166. The molecular weight excluding hydrogens is 334 g/mol. The highest BCUT2D eigenvalue weighted by Crippen LogP contribution is 2.17. The number of benzene rings is 1. The molecule has 2 heterocycles. The van der Waals surface area contributed by atoms with Gasteiger partial charge >= 0.3 is 0 Å². The number of carbonyl (C=O) groups is 1. The molecule has 0 atom stereocenters. The van der Waals surface area contributed by atoms with Crippen molar-refractivity contribution in [1.82, 2.24) is 25.6 Å². The fraction of sp³-hybridized carbons (Fsp3) is 0.357. The number of halogens is 1. The van der Waals surface area contributed by atoms with Crippen molar-refractivity contribution in [3.8, 4) is 5.69 Å². The molecule has 3 rings (SSSR count). The minimum absolute atomic E-state index is 0.166. The van der Waals surface area contributed by atoms with Gasteiger partial charge in [0.15, 0.2) is 5.69 Å². The molecule has 1 aliphatic rings. The fourth-order valence-electron chi connectivity index (χ4n) is 2.21. The molecule has 0 unspecified atom stereocenters. The second-order valence-electron chi connectivity index (χ2n) is 5.15. The second-order valence-corrected chi connectivity index (χ2v) is 6.07. The van der Waals surface area contributed by atoms with E-state index in [0.29, 0.717) is 18.2 Å². The van der Waals surface area contributed by atoms with Crippen molar-refractivity contribution in [2.45, 2.75) is 6.92 Å². The van der Waals surface area contributed by atoms with Crippen LogP contribution in [0.15, 0.2) is 28.7 Å². The Labute approximate surface area is 131 Å². The molecule has 1 saturated heterocycles. The summed E-state index contributed by atoms with van der Waals surface area (Å²) in [6, 6.07) is 7.72. The van der Waals surface area contributed by atoms with E-state index in [1.807, 2.05) is 31.2 Å². The zero-order valence-corrected chi connectivity index (χ0v) is 13.2. The zero-order valence-electron chi connectivity index (χ0n) is 11.6. The first-order chi connectivity index (χ1) is 10.1. The maximum atomic E-state index is 12.2. The average molecular weight is 350 g/mol. The van der Waals surface area contributed by atoms with Crippen LogP contribution in [0.3, 0.4) is 0 Å². The second kappa shape index (κ2) is 5.95. The average Bonchev–Trinajstić information content (AvgIpc) is 2.78. The lowest BCUT2D eigenvalue weighted by Gasteiger charge is -2.26. The number of amides is 1. The van der Waals surface area contributed by atoms with E-state index in [1.54, 1.807) is 4.68 Å². The van der Waals surface area contributed by atoms with E-state index in [1.165, 1.54) is 0 Å². The molecule has 1 fully saturated rings. The van der Waals surface area contributed by atoms with Gasteiger partial charge in [0.2, 0.25) is 0 Å². The Balaban J connectivity index is 1.76. The Bertz CT molecular complexity index is 665. The Morgan fingerprint density at radius 3 is 3.00 bits per heavy atom. The van der Waals surface area contributed by atoms with Crippen molar-refractivity contribution < 1.29 is 4.79 Å². The molecule has 21 heavy (non-hydrogen) atoms. The van der Waals surface area contributed by atoms with Gasteiger partial charge in [0.1, 0.15) is 0 Å². The van der Waals surface area contributed by atoms with Crippen molar-refractivity contribution in [3.63, 3.8) is 0 Å². The van der Waals surface area contributed by atoms with E-state index >= 15 is 0 Å². The van der Waals surface area contributed by atoms with Crippen molar-refractivity contribution in [2.75, 3.05) is 19.6 Å². The van der Waals surface area contributed by atoms with Crippen LogP contribution in [-0.4, -0.2) is 40.5 Å². The molecule has 110 valence electrons. The molecule has 0 bridgehead atoms. The van der Waals surface area contributed by atoms with Gasteiger partial charge in [-0.15, -0.1) is 5.10 Å². The molecule has 7 heteroatoms. The van der Waals surface area contributed by atoms with Crippen LogP contribution in [-0.2, 0) is 0 Å². The van der Waals surface area contributed by atoms with Gasteiger partial charge in [0.25, 0.3) is 5.91 Å². The fourth-order valence-corrected chi connectivity index (χ4v) is 2.59. The molecular formula is C14H16BrN5O. The zero-order chi connectivity index (χ0) is 14.8. The first-order valence-electron chi connectivity index (χ1n) is 6.82. The van der Waals surface area contributed by atoms with Crippen LogP contribution in [0.25, 0.3) is 5.69 Å². The van der Waals surface area contributed by atoms with Gasteiger partial charge in [-0.3, -0.25) is 4.79 Å². The van der Waals surface area contributed by atoms with E-state index in [4.69, 9.17) is 0 Å². The molecule has 1 aromatic heterocycles. The third-order valence-electron chi connectivity index (χ3n) is 3.58. The molecule has 2 N–H and O–H groups in total. The van der Waals surface area contributed by atoms with Crippen LogP contribution in [0, 0.1) is 12.8 Å². The van der Waals surface area contributed by atoms with Gasteiger partial charge in [-0.1, -0.05) is 27.2 Å². The number of carbonyl (C=O) groups excluding carboxylic acids is 1. The molecule has 1 aliphatic heterocycles. The summed E-state index contributed by atoms with van der Waals surface area (Å²) < 4.78 is 2.63. The van der Waals surface area contributed by atoms with Gasteiger partial charge in [-0.25, -0.2) is 4.68 Å². The minimum Gasteiger partial charge on any atom is -0.350 e. The number of aromatic nitrogens is 3. The maximum absolute atomic E-state index is 12.2. The van der Waals surface area contributed by atoms with Gasteiger partial charge in [-0.05, 0) is 25.1 Å². The molecule has 0 spiro atoms. The lowest BCUT2D eigenvalue weighted by molar-refractivity contribution is 0.0936. The normalized spacial score (nSPS) is 14.8. The monoisotopic (exact) mass is 349 g/mol. The number of hydrogen-bond acceptors (Lipinski definition) is 4. The van der Waals surface area contributed by atoms with Gasteiger partial charge in [0, 0.05) is 30.0 Å². The molecule has 1 amide bonds. The van der Waals surface area contributed by atoms with E-state index in [2.05, 4.69) is 36.9 Å². The predicted octanol–water partition coefficient (Wildman–Crippen LogP) is 1.29. The number of nitrogens with zero attached hydrogens (tertiary/aromatic N) is 3. The Morgan fingerprint density at radius 1 is 1.52 bits per heavy atom. The van der Waals surface area contributed by atoms with Crippen LogP contribution in [0.5, 0.6) is 0 Å². The van der Waals surface area contributed by atoms with Crippen LogP contribution < -0.4 is 10.6 Å². The van der Waals surface area contributed by atoms with Crippen LogP contribution in [0.4, 0.5) is 0 Å². The van der Waals surface area contributed by atoms with Crippen molar-refractivity contribution in [2.24, 2.45) is 5.92 Å². The maximum Gasteiger partial charge on any atom is 0.273 e. The quantitative estimate of drug-likeness (QED) is 0.872. The highest BCUT2D eigenvalue weighted by atomic mass is 79.9. The number of nitrogens with one attached hydrogen (secondary N) is 2. The lowest BCUT2D eigenvalue weighted by Crippen LogP contribution is -2.48. The standard InChI is InChI=1S/C14H16BrN5O/c1-9-13(14(21)17-8-10-6-16-7-10)18-19-20(9)12-4-2-3-11(15)5-12/h2-5,10,16H,6-8H2,1H3,(H,17,21). The summed E-state index contributed by atoms with van der Waals surface area (Å²) in [4.78, 5) is 12.2. The molecule has 1 aromatic carbocycles. The highest BCUT2D eigenvalue weighted by molar-refractivity contribution is 9.10. The number of hydrogen-bond donors (Lipinski definition) is 2. The lowest BCUT2D eigenvalue weighted by atomic mass is 10.0. The van der Waals surface area contributed by atoms with E-state index < -0.39 is 0 Å². The van der Waals surface area contributed by atoms with E-state index in [-0.39, 0.29) is 5.91 Å². The molecule has 2 aromatic rings. The smallest absolute Gasteiger partial charge is 0.273 e. The molecule has 6 nitrogen and oxygen atoms in total. The molecule has 0 aliphatic carbocycles. The summed E-state index contributed by atoms with van der Waals surface area (Å²) in [5.41, 5.74) is 1.98. The summed E-state index contributed by atoms with van der Waals surface area (Å²) in [7, 11) is 0. The van der Waals surface area contributed by atoms with Crippen molar-refractivity contribution >= 4 is 21.8 Å². The Morgan fingerprint density at radius 2 is 2.33 bits per heavy atom. The van der Waals surface area contributed by atoms with Gasteiger partial charge in [0.05, 0.1) is 11.4 Å². The highest BCUT2D eigenvalue weighted by Gasteiger charge is 2.21. The molecule has 0 saturated carbocycles. The van der Waals surface area contributed by atoms with Crippen LogP contribution in [0.2, 0.25) is 0 Å². The summed E-state index contributed by atoms with van der Waals surface area (Å²) >= 11 is 3.43. The summed E-state index contributed by atoms with van der Waals surface area (Å²) in [5, 5.41) is 14.2. The molecule has 0 radical (unpaired) electrons. The Hall–Kier alpha value is -1.73. The Kier molecular flexibility index (Phi) is 4.03. The third-order valence-corrected chi connectivity index (χ3v) is 4.07. The number of rotatable bonds is 4. The van der Waals surface area contributed by atoms with Crippen molar-refractivity contribution in [3.05, 3.63) is 40.1 Å². The van der Waals surface area contributed by atoms with Crippen LogP contribution >= 0.6 is 15.9 Å². The summed E-state index contributed by atoms with van der Waals surface area (Å²) in [6.45, 7) is 4.45. The topological polar surface area (TPSA) is 71.8 Å². The summed E-state index contributed by atoms with van der Waals surface area (Å²) in [5.74, 6) is 0.357. The van der Waals surface area contributed by atoms with Crippen LogP contribution in [0.1, 0.15) is 16.2 Å². The van der Waals surface area contributed by atoms with Gasteiger partial charge < -0.3 is 10.6 Å². The predicted molar refractivity (Wildman–Crippen MR) is 82.5 cm³/mol. The van der Waals surface area contributed by atoms with E-state index in [9.17, 15) is 4.79 Å². The van der Waals surface area contributed by atoms with Crippen molar-refractivity contribution in [1.29, 1.82) is 0 Å².